The van der Waals surface area contributed by atoms with Gasteiger partial charge in [-0.15, -0.1) is 0 Å². The number of pyridine rings is 1. The molecule has 0 unspecified atom stereocenters. The summed E-state index contributed by atoms with van der Waals surface area (Å²) in [5.41, 5.74) is 9.87. The highest BCUT2D eigenvalue weighted by molar-refractivity contribution is 6.30. The van der Waals surface area contributed by atoms with Crippen LogP contribution in [0.5, 0.6) is 0 Å². The molecule has 0 saturated heterocycles. The summed E-state index contributed by atoms with van der Waals surface area (Å²) < 4.78 is 1.80. The maximum Gasteiger partial charge on any atom is 0.139 e. The van der Waals surface area contributed by atoms with Crippen LogP contribution in [0.25, 0.3) is 16.9 Å². The quantitative estimate of drug-likeness (QED) is 0.786. The van der Waals surface area contributed by atoms with Gasteiger partial charge in [-0.25, -0.2) is 4.98 Å². The maximum atomic E-state index is 6.17. The molecule has 20 heavy (non-hydrogen) atoms. The molecule has 4 nitrogen and oxygen atoms in total. The number of aromatic nitrogens is 2. The van der Waals surface area contributed by atoms with Crippen LogP contribution in [0.15, 0.2) is 42.6 Å². The molecule has 0 bridgehead atoms. The molecule has 0 aliphatic carbocycles. The molecule has 0 aliphatic heterocycles. The molecule has 2 aromatic heterocycles. The van der Waals surface area contributed by atoms with Gasteiger partial charge < -0.3 is 10.6 Å². The van der Waals surface area contributed by atoms with Gasteiger partial charge >= 0.3 is 0 Å². The van der Waals surface area contributed by atoms with Crippen molar-refractivity contribution in [1.82, 2.24) is 9.38 Å². The second-order valence-electron chi connectivity index (χ2n) is 4.86. The number of nitrogen functional groups attached to an aromatic ring is 1. The molecule has 3 aromatic rings. The Balaban J connectivity index is 2.12. The Bertz CT molecular complexity index is 759. The van der Waals surface area contributed by atoms with E-state index in [4.69, 9.17) is 17.3 Å². The van der Waals surface area contributed by atoms with E-state index in [-0.39, 0.29) is 0 Å². The molecule has 0 aliphatic rings. The lowest BCUT2D eigenvalue weighted by Crippen LogP contribution is -2.07. The fourth-order valence-corrected chi connectivity index (χ4v) is 2.33. The topological polar surface area (TPSA) is 46.6 Å². The number of nitrogens with two attached hydrogens (primary N) is 1. The SMILES string of the molecule is CN(C)c1ccc(-c2nc3ccc(Cl)cn3c2N)cc1. The fraction of sp³-hybridized carbons (Fsp3) is 0.133. The van der Waals surface area contributed by atoms with Gasteiger partial charge in [-0.3, -0.25) is 4.40 Å². The van der Waals surface area contributed by atoms with Crippen LogP contribution in [0.4, 0.5) is 11.5 Å². The van der Waals surface area contributed by atoms with Gasteiger partial charge in [0.05, 0.1) is 5.02 Å². The van der Waals surface area contributed by atoms with Crippen LogP contribution in [0, 0.1) is 0 Å². The van der Waals surface area contributed by atoms with Crippen LogP contribution in [-0.2, 0) is 0 Å². The molecule has 102 valence electrons. The van der Waals surface area contributed by atoms with Crippen molar-refractivity contribution < 1.29 is 0 Å². The van der Waals surface area contributed by atoms with Gasteiger partial charge in [0.1, 0.15) is 17.2 Å². The van der Waals surface area contributed by atoms with E-state index in [1.54, 1.807) is 10.6 Å². The Kier molecular flexibility index (Phi) is 3.03. The lowest BCUT2D eigenvalue weighted by atomic mass is 10.1. The first-order chi connectivity index (χ1) is 9.56. The van der Waals surface area contributed by atoms with Gasteiger partial charge in [0.25, 0.3) is 0 Å². The number of halogens is 1. The second-order valence-corrected chi connectivity index (χ2v) is 5.30. The van der Waals surface area contributed by atoms with Crippen LogP contribution in [0.2, 0.25) is 5.02 Å². The van der Waals surface area contributed by atoms with Crippen LogP contribution >= 0.6 is 11.6 Å². The largest absolute Gasteiger partial charge is 0.383 e. The molecule has 0 atom stereocenters. The molecular formula is C15H15ClN4. The first-order valence-electron chi connectivity index (χ1n) is 6.27. The van der Waals surface area contributed by atoms with E-state index in [0.29, 0.717) is 10.8 Å². The lowest BCUT2D eigenvalue weighted by molar-refractivity contribution is 1.13. The number of hydrogen-bond acceptors (Lipinski definition) is 3. The summed E-state index contributed by atoms with van der Waals surface area (Å²) in [5.74, 6) is 0.597. The van der Waals surface area contributed by atoms with Gasteiger partial charge in [-0.05, 0) is 24.3 Å². The zero-order valence-electron chi connectivity index (χ0n) is 11.3. The van der Waals surface area contributed by atoms with Gasteiger partial charge in [-0.1, -0.05) is 23.7 Å². The Morgan fingerprint density at radius 1 is 1.10 bits per heavy atom. The maximum absolute atomic E-state index is 6.17. The smallest absolute Gasteiger partial charge is 0.139 e. The standard InChI is InChI=1S/C15H15ClN4/c1-19(2)12-6-3-10(4-7-12)14-15(17)20-9-11(16)5-8-13(20)18-14/h3-9H,17H2,1-2H3. The van der Waals surface area contributed by atoms with Crippen molar-refractivity contribution in [2.45, 2.75) is 0 Å². The van der Waals surface area contributed by atoms with Crippen molar-refractivity contribution in [1.29, 1.82) is 0 Å². The summed E-state index contributed by atoms with van der Waals surface area (Å²) >= 11 is 5.99. The van der Waals surface area contributed by atoms with Crippen LogP contribution in [0.1, 0.15) is 0 Å². The first kappa shape index (κ1) is 12.8. The normalized spacial score (nSPS) is 10.9. The van der Waals surface area contributed by atoms with Crippen molar-refractivity contribution in [3.63, 3.8) is 0 Å². The average Bonchev–Trinajstić information content (AvgIpc) is 2.76. The minimum Gasteiger partial charge on any atom is -0.383 e. The Morgan fingerprint density at radius 2 is 1.80 bits per heavy atom. The van der Waals surface area contributed by atoms with E-state index >= 15 is 0 Å². The highest BCUT2D eigenvalue weighted by Gasteiger charge is 2.11. The Morgan fingerprint density at radius 3 is 2.45 bits per heavy atom. The minimum atomic E-state index is 0.597. The van der Waals surface area contributed by atoms with Crippen molar-refractivity contribution >= 4 is 28.8 Å². The predicted molar refractivity (Wildman–Crippen MR) is 84.4 cm³/mol. The molecular weight excluding hydrogens is 272 g/mol. The second kappa shape index (κ2) is 4.72. The zero-order chi connectivity index (χ0) is 14.3. The number of anilines is 2. The highest BCUT2D eigenvalue weighted by Crippen LogP contribution is 2.28. The third-order valence-electron chi connectivity index (χ3n) is 3.28. The average molecular weight is 287 g/mol. The summed E-state index contributed by atoms with van der Waals surface area (Å²) in [7, 11) is 4.02. The summed E-state index contributed by atoms with van der Waals surface area (Å²) in [6.45, 7) is 0. The predicted octanol–water partition coefficient (Wildman–Crippen LogP) is 3.30. The van der Waals surface area contributed by atoms with Crippen LogP contribution < -0.4 is 10.6 Å². The molecule has 5 heteroatoms. The molecule has 3 rings (SSSR count). The number of fused-ring (bicyclic) bond motifs is 1. The van der Waals surface area contributed by atoms with E-state index in [1.165, 1.54) is 0 Å². The number of nitrogens with zero attached hydrogens (tertiary/aromatic N) is 3. The van der Waals surface area contributed by atoms with Crippen LogP contribution in [-0.4, -0.2) is 23.5 Å². The molecule has 2 heterocycles. The summed E-state index contributed by atoms with van der Waals surface area (Å²) in [6.07, 6.45) is 1.77. The summed E-state index contributed by atoms with van der Waals surface area (Å²) in [5, 5.41) is 0.635. The molecule has 2 N–H and O–H groups in total. The number of benzene rings is 1. The van der Waals surface area contributed by atoms with Gasteiger partial charge in [-0.2, -0.15) is 0 Å². The first-order valence-corrected chi connectivity index (χ1v) is 6.65. The van der Waals surface area contributed by atoms with Gasteiger partial charge in [0.15, 0.2) is 0 Å². The van der Waals surface area contributed by atoms with E-state index in [1.807, 2.05) is 50.5 Å². The summed E-state index contributed by atoms with van der Waals surface area (Å²) in [4.78, 5) is 6.62. The van der Waals surface area contributed by atoms with E-state index in [2.05, 4.69) is 9.88 Å². The molecule has 0 spiro atoms. The van der Waals surface area contributed by atoms with Gasteiger partial charge in [0, 0.05) is 31.5 Å². The third-order valence-corrected chi connectivity index (χ3v) is 3.50. The van der Waals surface area contributed by atoms with E-state index in [9.17, 15) is 0 Å². The van der Waals surface area contributed by atoms with Crippen LogP contribution in [0.3, 0.4) is 0 Å². The number of imidazole rings is 1. The number of hydrogen-bond donors (Lipinski definition) is 1. The molecule has 0 saturated carbocycles. The lowest BCUT2D eigenvalue weighted by Gasteiger charge is -2.12. The van der Waals surface area contributed by atoms with E-state index in [0.717, 1.165) is 22.6 Å². The van der Waals surface area contributed by atoms with Crippen molar-refractivity contribution in [3.8, 4) is 11.3 Å². The number of rotatable bonds is 2. The van der Waals surface area contributed by atoms with Crippen molar-refractivity contribution in [2.24, 2.45) is 0 Å². The minimum absolute atomic E-state index is 0.597. The Hall–Kier alpha value is -2.20. The third kappa shape index (κ3) is 2.08. The van der Waals surface area contributed by atoms with Crippen molar-refractivity contribution in [3.05, 3.63) is 47.6 Å². The summed E-state index contributed by atoms with van der Waals surface area (Å²) in [6, 6.07) is 11.8. The molecule has 0 fully saturated rings. The fourth-order valence-electron chi connectivity index (χ4n) is 2.17. The van der Waals surface area contributed by atoms with Gasteiger partial charge in [0.2, 0.25) is 0 Å². The zero-order valence-corrected chi connectivity index (χ0v) is 12.1. The molecule has 0 amide bonds. The van der Waals surface area contributed by atoms with E-state index < -0.39 is 0 Å². The molecule has 1 aromatic carbocycles. The van der Waals surface area contributed by atoms with Crippen molar-refractivity contribution in [2.75, 3.05) is 24.7 Å². The molecule has 0 radical (unpaired) electrons. The highest BCUT2D eigenvalue weighted by atomic mass is 35.5. The monoisotopic (exact) mass is 286 g/mol. The Labute approximate surface area is 122 Å².